The van der Waals surface area contributed by atoms with Gasteiger partial charge in [-0.05, 0) is 139 Å². The highest BCUT2D eigenvalue weighted by Gasteiger charge is 2.71. The number of hydrogen-bond acceptors (Lipinski definition) is 4. The average molecular weight is 615 g/mol. The third-order valence-electron chi connectivity index (χ3n) is 15.1. The van der Waals surface area contributed by atoms with Crippen molar-refractivity contribution in [1.29, 1.82) is 0 Å². The molecule has 5 heteroatoms. The lowest BCUT2D eigenvalue weighted by Crippen LogP contribution is -2.66. The van der Waals surface area contributed by atoms with E-state index in [-0.39, 0.29) is 39.0 Å². The summed E-state index contributed by atoms with van der Waals surface area (Å²) in [5, 5.41) is 3.26. The number of benzene rings is 1. The number of carbonyl (C=O) groups is 2. The highest BCUT2D eigenvalue weighted by atomic mass is 16.5. The summed E-state index contributed by atoms with van der Waals surface area (Å²) >= 11 is 0. The highest BCUT2D eigenvalue weighted by molar-refractivity contribution is 5.90. The number of nitrogens with two attached hydrogens (primary N) is 1. The van der Waals surface area contributed by atoms with Gasteiger partial charge in [0.1, 0.15) is 0 Å². The number of fused-ring (bicyclic) bond motifs is 7. The SMILES string of the molecule is C=C(C)C1CCC2(C(=O)NCCN)CCC3(C)C(CCC4C5(C)CC=C(c6ccc(C(=O)OC)cc6)C(C)(C)C5CCC43C)C12. The van der Waals surface area contributed by atoms with E-state index >= 15 is 0 Å². The van der Waals surface area contributed by atoms with Crippen LogP contribution in [0.25, 0.3) is 5.57 Å². The lowest BCUT2D eigenvalue weighted by atomic mass is 9.32. The lowest BCUT2D eigenvalue weighted by Gasteiger charge is -2.72. The molecule has 6 rings (SSSR count). The molecule has 4 fully saturated rings. The molecular weight excluding hydrogens is 556 g/mol. The van der Waals surface area contributed by atoms with E-state index in [9.17, 15) is 9.59 Å². The highest BCUT2D eigenvalue weighted by Crippen LogP contribution is 2.77. The largest absolute Gasteiger partial charge is 0.465 e. The molecule has 9 atom stereocenters. The minimum Gasteiger partial charge on any atom is -0.465 e. The van der Waals surface area contributed by atoms with Crippen molar-refractivity contribution >= 4 is 17.4 Å². The van der Waals surface area contributed by atoms with Crippen LogP contribution >= 0.6 is 0 Å². The molecular formula is C40H58N2O3. The summed E-state index contributed by atoms with van der Waals surface area (Å²) in [4.78, 5) is 26.1. The van der Waals surface area contributed by atoms with E-state index in [1.165, 1.54) is 49.5 Å². The Morgan fingerprint density at radius 2 is 1.64 bits per heavy atom. The molecule has 4 saturated carbocycles. The van der Waals surface area contributed by atoms with Gasteiger partial charge >= 0.3 is 5.97 Å². The smallest absolute Gasteiger partial charge is 0.337 e. The van der Waals surface area contributed by atoms with E-state index < -0.39 is 0 Å². The number of rotatable bonds is 6. The molecule has 246 valence electrons. The first-order valence-corrected chi connectivity index (χ1v) is 17.7. The van der Waals surface area contributed by atoms with Gasteiger partial charge in [-0.25, -0.2) is 4.79 Å². The Bertz CT molecular complexity index is 1390. The molecule has 0 saturated heterocycles. The fourth-order valence-corrected chi connectivity index (χ4v) is 12.9. The molecule has 0 aliphatic heterocycles. The first-order valence-electron chi connectivity index (χ1n) is 17.7. The van der Waals surface area contributed by atoms with E-state index in [1.54, 1.807) is 0 Å². The van der Waals surface area contributed by atoms with Crippen LogP contribution in [0.15, 0.2) is 42.5 Å². The van der Waals surface area contributed by atoms with Gasteiger partial charge in [-0.2, -0.15) is 0 Å². The van der Waals surface area contributed by atoms with Crippen molar-refractivity contribution in [3.05, 3.63) is 53.6 Å². The Hall–Kier alpha value is -2.40. The fraction of sp³-hybridized carbons (Fsp3) is 0.700. The maximum Gasteiger partial charge on any atom is 0.337 e. The number of ether oxygens (including phenoxy) is 1. The van der Waals surface area contributed by atoms with E-state index in [0.29, 0.717) is 48.2 Å². The molecule has 5 aliphatic carbocycles. The molecule has 0 radical (unpaired) electrons. The minimum absolute atomic E-state index is 0.0260. The van der Waals surface area contributed by atoms with Crippen molar-refractivity contribution in [3.8, 4) is 0 Å². The van der Waals surface area contributed by atoms with Crippen LogP contribution in [0.3, 0.4) is 0 Å². The zero-order valence-electron chi connectivity index (χ0n) is 29.1. The number of hydrogen-bond donors (Lipinski definition) is 2. The zero-order chi connectivity index (χ0) is 32.6. The molecule has 5 nitrogen and oxygen atoms in total. The maximum absolute atomic E-state index is 14.0. The van der Waals surface area contributed by atoms with Gasteiger partial charge in [0.2, 0.25) is 5.91 Å². The average Bonchev–Trinajstić information content (AvgIpc) is 3.41. The summed E-state index contributed by atoms with van der Waals surface area (Å²) < 4.78 is 4.94. The summed E-state index contributed by atoms with van der Waals surface area (Å²) in [6.07, 6.45) is 12.8. The monoisotopic (exact) mass is 614 g/mol. The molecule has 45 heavy (non-hydrogen) atoms. The predicted octanol–water partition coefficient (Wildman–Crippen LogP) is 8.20. The van der Waals surface area contributed by atoms with Crippen molar-refractivity contribution in [2.75, 3.05) is 20.2 Å². The van der Waals surface area contributed by atoms with Crippen molar-refractivity contribution in [2.45, 2.75) is 99.3 Å². The molecule has 3 N–H and O–H groups in total. The number of amides is 1. The molecule has 0 heterocycles. The zero-order valence-corrected chi connectivity index (χ0v) is 29.1. The molecule has 0 spiro atoms. The molecule has 5 aliphatic rings. The van der Waals surface area contributed by atoms with Gasteiger partial charge in [0.25, 0.3) is 0 Å². The summed E-state index contributed by atoms with van der Waals surface area (Å²) in [5.41, 5.74) is 10.7. The minimum atomic E-state index is -0.287. The van der Waals surface area contributed by atoms with Gasteiger partial charge in [-0.15, -0.1) is 0 Å². The van der Waals surface area contributed by atoms with Gasteiger partial charge in [0, 0.05) is 13.1 Å². The third-order valence-corrected chi connectivity index (χ3v) is 15.1. The van der Waals surface area contributed by atoms with Crippen LogP contribution in [0.2, 0.25) is 0 Å². The summed E-state index contributed by atoms with van der Waals surface area (Å²) in [7, 11) is 1.44. The second-order valence-electron chi connectivity index (χ2n) is 17.0. The Kier molecular flexibility index (Phi) is 8.03. The Balaban J connectivity index is 1.34. The summed E-state index contributed by atoms with van der Waals surface area (Å²) in [6, 6.07) is 8.04. The third kappa shape index (κ3) is 4.49. The first kappa shape index (κ1) is 32.5. The predicted molar refractivity (Wildman–Crippen MR) is 182 cm³/mol. The van der Waals surface area contributed by atoms with Crippen molar-refractivity contribution < 1.29 is 14.3 Å². The Morgan fingerprint density at radius 1 is 0.933 bits per heavy atom. The molecule has 1 amide bonds. The first-order chi connectivity index (χ1) is 21.2. The Morgan fingerprint density at radius 3 is 2.29 bits per heavy atom. The number of methoxy groups -OCH3 is 1. The number of esters is 1. The van der Waals surface area contributed by atoms with Crippen LogP contribution < -0.4 is 11.1 Å². The normalized spacial score (nSPS) is 41.4. The topological polar surface area (TPSA) is 81.4 Å². The molecule has 1 aromatic rings. The van der Waals surface area contributed by atoms with Gasteiger partial charge in [0.05, 0.1) is 18.1 Å². The van der Waals surface area contributed by atoms with Crippen molar-refractivity contribution in [3.63, 3.8) is 0 Å². The second kappa shape index (κ2) is 11.1. The molecule has 0 aromatic heterocycles. The van der Waals surface area contributed by atoms with Gasteiger partial charge < -0.3 is 15.8 Å². The molecule has 9 unspecified atom stereocenters. The maximum atomic E-state index is 14.0. The van der Waals surface area contributed by atoms with E-state index in [4.69, 9.17) is 10.5 Å². The molecule has 1 aromatic carbocycles. The van der Waals surface area contributed by atoms with E-state index in [0.717, 1.165) is 32.1 Å². The number of allylic oxidation sites excluding steroid dienone is 3. The fourth-order valence-electron chi connectivity index (χ4n) is 12.9. The van der Waals surface area contributed by atoms with Crippen LogP contribution in [0.1, 0.15) is 115 Å². The van der Waals surface area contributed by atoms with Crippen LogP contribution in [-0.2, 0) is 9.53 Å². The standard InChI is InChI=1S/C40H58N2O3/c1-25(2)28-15-20-40(35(44)42-24-23-41)22-21-38(6)30(33(28)40)13-14-32-37(5)18-16-29(26-9-11-27(12-10-26)34(43)45-8)36(3,4)31(37)17-19-39(32,38)7/h9-12,16,28,30-33H,1,13-15,17-24,41H2,2-8H3,(H,42,44). The van der Waals surface area contributed by atoms with Crippen molar-refractivity contribution in [1.82, 2.24) is 5.32 Å². The van der Waals surface area contributed by atoms with Crippen LogP contribution in [0.5, 0.6) is 0 Å². The summed E-state index contributed by atoms with van der Waals surface area (Å²) in [6.45, 7) is 20.6. The van der Waals surface area contributed by atoms with Crippen LogP contribution in [0.4, 0.5) is 0 Å². The van der Waals surface area contributed by atoms with Gasteiger partial charge in [-0.1, -0.05) is 65.0 Å². The van der Waals surface area contributed by atoms with E-state index in [2.05, 4.69) is 71.6 Å². The number of nitrogens with one attached hydrogen (secondary N) is 1. The lowest BCUT2D eigenvalue weighted by molar-refractivity contribution is -0.225. The van der Waals surface area contributed by atoms with Gasteiger partial charge in [-0.3, -0.25) is 4.79 Å². The Labute approximate surface area is 272 Å². The van der Waals surface area contributed by atoms with Crippen LogP contribution in [0, 0.1) is 56.7 Å². The number of carbonyl (C=O) groups excluding carboxylic acids is 2. The van der Waals surface area contributed by atoms with Crippen LogP contribution in [-0.4, -0.2) is 32.1 Å². The summed E-state index contributed by atoms with van der Waals surface area (Å²) in [5.74, 6) is 2.54. The van der Waals surface area contributed by atoms with E-state index in [1.807, 2.05) is 12.1 Å². The molecule has 0 bridgehead atoms. The van der Waals surface area contributed by atoms with Gasteiger partial charge in [0.15, 0.2) is 0 Å². The van der Waals surface area contributed by atoms with Crippen molar-refractivity contribution in [2.24, 2.45) is 62.4 Å². The second-order valence-corrected chi connectivity index (χ2v) is 17.0. The quantitative estimate of drug-likeness (QED) is 0.250.